The van der Waals surface area contributed by atoms with Crippen molar-refractivity contribution in [1.29, 1.82) is 0 Å². The number of nitrogens with zero attached hydrogens (tertiary/aromatic N) is 1. The standard InChI is InChI=1S/C20H30ClN3O3/c1-2-3-4-7-24-8-5-13(6-9-24)16(20(23)25)14-12-15(21)17(22)19-18(14)26-10-11-27-19/h12-13,16H,2-11,22H2,1H3,(H2,23,25). The van der Waals surface area contributed by atoms with E-state index in [0.717, 1.165) is 32.5 Å². The summed E-state index contributed by atoms with van der Waals surface area (Å²) in [5.74, 6) is 0.330. The quantitative estimate of drug-likeness (QED) is 0.546. The minimum absolute atomic E-state index is 0.166. The molecule has 0 aromatic heterocycles. The van der Waals surface area contributed by atoms with Crippen LogP contribution in [0, 0.1) is 5.92 Å². The van der Waals surface area contributed by atoms with E-state index < -0.39 is 5.92 Å². The van der Waals surface area contributed by atoms with Gasteiger partial charge in [-0.3, -0.25) is 4.79 Å². The largest absolute Gasteiger partial charge is 0.486 e. The van der Waals surface area contributed by atoms with Gasteiger partial charge in [-0.2, -0.15) is 0 Å². The smallest absolute Gasteiger partial charge is 0.225 e. The summed E-state index contributed by atoms with van der Waals surface area (Å²) in [5, 5.41) is 0.373. The summed E-state index contributed by atoms with van der Waals surface area (Å²) in [7, 11) is 0. The van der Waals surface area contributed by atoms with E-state index in [1.807, 2.05) is 0 Å². The predicted molar refractivity (Wildman–Crippen MR) is 107 cm³/mol. The van der Waals surface area contributed by atoms with Crippen molar-refractivity contribution >= 4 is 23.2 Å². The number of primary amides is 1. The second kappa shape index (κ2) is 9.02. The van der Waals surface area contributed by atoms with Gasteiger partial charge in [-0.15, -0.1) is 0 Å². The molecule has 1 aromatic rings. The van der Waals surface area contributed by atoms with Crippen molar-refractivity contribution in [2.75, 3.05) is 38.6 Å². The van der Waals surface area contributed by atoms with Gasteiger partial charge in [0.05, 0.1) is 16.6 Å². The van der Waals surface area contributed by atoms with Crippen LogP contribution < -0.4 is 20.9 Å². The summed E-state index contributed by atoms with van der Waals surface area (Å²) >= 11 is 6.31. The number of nitrogen functional groups attached to an aromatic ring is 1. The van der Waals surface area contributed by atoms with Crippen LogP contribution in [-0.2, 0) is 4.79 Å². The first-order valence-electron chi connectivity index (χ1n) is 9.92. The molecule has 1 aromatic carbocycles. The van der Waals surface area contributed by atoms with E-state index in [1.54, 1.807) is 6.07 Å². The summed E-state index contributed by atoms with van der Waals surface area (Å²) in [6.07, 6.45) is 5.57. The van der Waals surface area contributed by atoms with Gasteiger partial charge < -0.3 is 25.8 Å². The minimum Gasteiger partial charge on any atom is -0.486 e. The molecule has 0 saturated carbocycles. The molecule has 2 aliphatic heterocycles. The van der Waals surface area contributed by atoms with E-state index in [9.17, 15) is 4.79 Å². The third kappa shape index (κ3) is 4.43. The summed E-state index contributed by atoms with van der Waals surface area (Å²) < 4.78 is 11.5. The van der Waals surface area contributed by atoms with Crippen molar-refractivity contribution < 1.29 is 14.3 Å². The van der Waals surface area contributed by atoms with Gasteiger partial charge >= 0.3 is 0 Å². The monoisotopic (exact) mass is 395 g/mol. The number of hydrogen-bond donors (Lipinski definition) is 2. The van der Waals surface area contributed by atoms with Crippen molar-refractivity contribution in [2.24, 2.45) is 11.7 Å². The van der Waals surface area contributed by atoms with Crippen molar-refractivity contribution in [3.8, 4) is 11.5 Å². The highest BCUT2D eigenvalue weighted by molar-refractivity contribution is 6.33. The number of carbonyl (C=O) groups is 1. The highest BCUT2D eigenvalue weighted by atomic mass is 35.5. The van der Waals surface area contributed by atoms with Crippen LogP contribution in [0.1, 0.15) is 50.5 Å². The zero-order valence-corrected chi connectivity index (χ0v) is 16.8. The number of ether oxygens (including phenoxy) is 2. The molecule has 1 unspecified atom stereocenters. The topological polar surface area (TPSA) is 90.8 Å². The van der Waals surface area contributed by atoms with E-state index in [-0.39, 0.29) is 11.8 Å². The number of halogens is 1. The Labute approximate surface area is 166 Å². The molecular weight excluding hydrogens is 366 g/mol. The number of rotatable bonds is 7. The van der Waals surface area contributed by atoms with Gasteiger partial charge in [-0.05, 0) is 50.9 Å². The number of fused-ring (bicyclic) bond motifs is 1. The molecule has 1 fully saturated rings. The molecule has 1 amide bonds. The molecule has 0 radical (unpaired) electrons. The predicted octanol–water partition coefficient (Wildman–Crippen LogP) is 3.16. The van der Waals surface area contributed by atoms with Gasteiger partial charge in [0.2, 0.25) is 5.91 Å². The second-order valence-corrected chi connectivity index (χ2v) is 7.89. The number of unbranched alkanes of at least 4 members (excludes halogenated alkanes) is 2. The fourth-order valence-corrected chi connectivity index (χ4v) is 4.39. The van der Waals surface area contributed by atoms with Gasteiger partial charge in [-0.1, -0.05) is 31.4 Å². The maximum absolute atomic E-state index is 12.4. The Morgan fingerprint density at radius 1 is 1.26 bits per heavy atom. The van der Waals surface area contributed by atoms with E-state index in [0.29, 0.717) is 41.0 Å². The first kappa shape index (κ1) is 20.1. The van der Waals surface area contributed by atoms with Gasteiger partial charge in [0.25, 0.3) is 0 Å². The third-order valence-corrected chi connectivity index (χ3v) is 5.96. The lowest BCUT2D eigenvalue weighted by atomic mass is 9.79. The van der Waals surface area contributed by atoms with Crippen molar-refractivity contribution in [3.05, 3.63) is 16.7 Å². The van der Waals surface area contributed by atoms with Crippen LogP contribution in [0.2, 0.25) is 5.02 Å². The molecular formula is C20H30ClN3O3. The van der Waals surface area contributed by atoms with E-state index in [4.69, 9.17) is 32.5 Å². The minimum atomic E-state index is -0.448. The van der Waals surface area contributed by atoms with Crippen LogP contribution in [0.15, 0.2) is 6.07 Å². The SMILES string of the molecule is CCCCCN1CCC(C(C(N)=O)c2cc(Cl)c(N)c3c2OCCO3)CC1. The van der Waals surface area contributed by atoms with Gasteiger partial charge in [0.1, 0.15) is 13.2 Å². The number of anilines is 1. The molecule has 2 heterocycles. The highest BCUT2D eigenvalue weighted by Gasteiger charge is 2.36. The number of piperidine rings is 1. The van der Waals surface area contributed by atoms with Crippen molar-refractivity contribution in [1.82, 2.24) is 4.90 Å². The Kier molecular flexibility index (Phi) is 6.71. The fraction of sp³-hybridized carbons (Fsp3) is 0.650. The lowest BCUT2D eigenvalue weighted by molar-refractivity contribution is -0.121. The Bertz CT molecular complexity index is 675. The average Bonchev–Trinajstić information content (AvgIpc) is 2.67. The number of hydrogen-bond acceptors (Lipinski definition) is 5. The Morgan fingerprint density at radius 3 is 2.56 bits per heavy atom. The molecule has 150 valence electrons. The average molecular weight is 396 g/mol. The van der Waals surface area contributed by atoms with Gasteiger partial charge in [0.15, 0.2) is 11.5 Å². The second-order valence-electron chi connectivity index (χ2n) is 7.48. The van der Waals surface area contributed by atoms with Crippen LogP contribution in [-0.4, -0.2) is 43.7 Å². The van der Waals surface area contributed by atoms with Crippen LogP contribution in [0.3, 0.4) is 0 Å². The number of benzene rings is 1. The molecule has 3 rings (SSSR count). The Hall–Kier alpha value is -1.66. The first-order valence-corrected chi connectivity index (χ1v) is 10.3. The van der Waals surface area contributed by atoms with Crippen LogP contribution >= 0.6 is 11.6 Å². The fourth-order valence-electron chi connectivity index (χ4n) is 4.19. The molecule has 2 aliphatic rings. The molecule has 7 heteroatoms. The Morgan fingerprint density at radius 2 is 1.93 bits per heavy atom. The molecule has 4 N–H and O–H groups in total. The van der Waals surface area contributed by atoms with E-state index >= 15 is 0 Å². The lowest BCUT2D eigenvalue weighted by Crippen LogP contribution is -2.39. The van der Waals surface area contributed by atoms with Gasteiger partial charge in [-0.25, -0.2) is 0 Å². The maximum Gasteiger partial charge on any atom is 0.225 e. The van der Waals surface area contributed by atoms with Gasteiger partial charge in [0, 0.05) is 5.56 Å². The zero-order valence-electron chi connectivity index (χ0n) is 16.0. The molecule has 0 aliphatic carbocycles. The van der Waals surface area contributed by atoms with Crippen molar-refractivity contribution in [2.45, 2.75) is 44.9 Å². The van der Waals surface area contributed by atoms with Crippen LogP contribution in [0.25, 0.3) is 0 Å². The number of carbonyl (C=O) groups excluding carboxylic acids is 1. The first-order chi connectivity index (χ1) is 13.0. The number of likely N-dealkylation sites (tertiary alicyclic amines) is 1. The normalized spacial score (nSPS) is 19.0. The third-order valence-electron chi connectivity index (χ3n) is 5.65. The van der Waals surface area contributed by atoms with Crippen molar-refractivity contribution in [3.63, 3.8) is 0 Å². The molecule has 6 nitrogen and oxygen atoms in total. The Balaban J connectivity index is 1.80. The highest BCUT2D eigenvalue weighted by Crippen LogP contribution is 2.48. The molecule has 0 spiro atoms. The number of nitrogens with two attached hydrogens (primary N) is 2. The number of amides is 1. The summed E-state index contributed by atoms with van der Waals surface area (Å²) in [6.45, 7) is 6.15. The summed E-state index contributed by atoms with van der Waals surface area (Å²) in [5.41, 5.74) is 12.9. The summed E-state index contributed by atoms with van der Waals surface area (Å²) in [6, 6.07) is 1.73. The van der Waals surface area contributed by atoms with E-state index in [1.165, 1.54) is 19.3 Å². The summed E-state index contributed by atoms with van der Waals surface area (Å²) in [4.78, 5) is 14.9. The van der Waals surface area contributed by atoms with Crippen LogP contribution in [0.5, 0.6) is 11.5 Å². The molecule has 0 bridgehead atoms. The lowest BCUT2D eigenvalue weighted by Gasteiger charge is -2.36. The zero-order chi connectivity index (χ0) is 19.4. The molecule has 27 heavy (non-hydrogen) atoms. The maximum atomic E-state index is 12.4. The van der Waals surface area contributed by atoms with E-state index in [2.05, 4.69) is 11.8 Å². The molecule has 1 atom stereocenters. The van der Waals surface area contributed by atoms with Crippen LogP contribution in [0.4, 0.5) is 5.69 Å². The molecule has 1 saturated heterocycles.